The SMILES string of the molecule is COC(=O)C(NC(=O)c1nc2ccccc2[n+]([O-])c1C)c1ccccc1. The van der Waals surface area contributed by atoms with E-state index in [1.165, 1.54) is 14.0 Å². The molecule has 0 aliphatic rings. The van der Waals surface area contributed by atoms with Crippen molar-refractivity contribution in [3.63, 3.8) is 0 Å². The molecule has 1 aromatic heterocycles. The van der Waals surface area contributed by atoms with Crippen molar-refractivity contribution in [2.24, 2.45) is 0 Å². The van der Waals surface area contributed by atoms with Gasteiger partial charge in [0.25, 0.3) is 5.91 Å². The van der Waals surface area contributed by atoms with Crippen LogP contribution in [0.15, 0.2) is 54.6 Å². The lowest BCUT2D eigenvalue weighted by atomic mass is 10.1. The number of aromatic nitrogens is 2. The molecule has 1 heterocycles. The van der Waals surface area contributed by atoms with Crippen LogP contribution in [0.25, 0.3) is 11.0 Å². The number of hydrogen-bond donors (Lipinski definition) is 1. The van der Waals surface area contributed by atoms with E-state index in [2.05, 4.69) is 10.3 Å². The average Bonchev–Trinajstić information content (AvgIpc) is 2.68. The fourth-order valence-electron chi connectivity index (χ4n) is 2.66. The van der Waals surface area contributed by atoms with E-state index in [-0.39, 0.29) is 11.4 Å². The smallest absolute Gasteiger partial charge is 0.333 e. The van der Waals surface area contributed by atoms with Crippen LogP contribution in [0.3, 0.4) is 0 Å². The maximum atomic E-state index is 12.7. The summed E-state index contributed by atoms with van der Waals surface area (Å²) in [5.74, 6) is -1.24. The zero-order valence-corrected chi connectivity index (χ0v) is 14.3. The Morgan fingerprint density at radius 3 is 2.46 bits per heavy atom. The Kier molecular flexibility index (Phi) is 4.79. The van der Waals surface area contributed by atoms with Crippen molar-refractivity contribution in [2.75, 3.05) is 7.11 Å². The fraction of sp³-hybridized carbons (Fsp3) is 0.158. The molecule has 0 spiro atoms. The molecule has 0 radical (unpaired) electrons. The van der Waals surface area contributed by atoms with Crippen molar-refractivity contribution >= 4 is 22.9 Å². The second-order valence-corrected chi connectivity index (χ2v) is 5.67. The molecule has 0 saturated carbocycles. The van der Waals surface area contributed by atoms with E-state index in [1.54, 1.807) is 54.6 Å². The van der Waals surface area contributed by atoms with Gasteiger partial charge in [0.2, 0.25) is 11.2 Å². The average molecular weight is 351 g/mol. The first kappa shape index (κ1) is 17.3. The predicted molar refractivity (Wildman–Crippen MR) is 94.1 cm³/mol. The lowest BCUT2D eigenvalue weighted by Gasteiger charge is -2.17. The highest BCUT2D eigenvalue weighted by Crippen LogP contribution is 2.16. The largest absolute Gasteiger partial charge is 0.618 e. The minimum absolute atomic E-state index is 0.0384. The van der Waals surface area contributed by atoms with E-state index in [0.29, 0.717) is 21.3 Å². The highest BCUT2D eigenvalue weighted by atomic mass is 16.5. The number of nitrogens with zero attached hydrogens (tertiary/aromatic N) is 2. The molecule has 26 heavy (non-hydrogen) atoms. The number of nitrogens with one attached hydrogen (secondary N) is 1. The van der Waals surface area contributed by atoms with Gasteiger partial charge in [-0.15, -0.1) is 0 Å². The Bertz CT molecular complexity index is 973. The number of methoxy groups -OCH3 is 1. The van der Waals surface area contributed by atoms with Crippen molar-refractivity contribution in [1.82, 2.24) is 10.3 Å². The normalized spacial score (nSPS) is 11.8. The number of para-hydroxylation sites is 2. The number of amides is 1. The summed E-state index contributed by atoms with van der Waals surface area (Å²) in [7, 11) is 1.25. The molecule has 3 rings (SSSR count). The Hall–Kier alpha value is -3.48. The Morgan fingerprint density at radius 2 is 1.77 bits per heavy atom. The molecule has 1 amide bonds. The highest BCUT2D eigenvalue weighted by Gasteiger charge is 2.28. The van der Waals surface area contributed by atoms with Gasteiger partial charge in [-0.3, -0.25) is 4.79 Å². The molecule has 132 valence electrons. The van der Waals surface area contributed by atoms with E-state index < -0.39 is 17.9 Å². The van der Waals surface area contributed by atoms with Crippen LogP contribution in [0.2, 0.25) is 0 Å². The Morgan fingerprint density at radius 1 is 1.12 bits per heavy atom. The summed E-state index contributed by atoms with van der Waals surface area (Å²) < 4.78 is 5.45. The summed E-state index contributed by atoms with van der Waals surface area (Å²) in [6, 6.07) is 14.4. The summed E-state index contributed by atoms with van der Waals surface area (Å²) in [6.45, 7) is 1.51. The van der Waals surface area contributed by atoms with E-state index in [0.717, 1.165) is 0 Å². The topological polar surface area (TPSA) is 95.2 Å². The molecule has 0 aliphatic carbocycles. The number of carbonyl (C=O) groups excluding carboxylic acids is 2. The minimum Gasteiger partial charge on any atom is -0.618 e. The summed E-state index contributed by atoms with van der Waals surface area (Å²) in [6.07, 6.45) is 0. The molecule has 1 unspecified atom stereocenters. The van der Waals surface area contributed by atoms with Crippen LogP contribution >= 0.6 is 0 Å². The quantitative estimate of drug-likeness (QED) is 0.439. The standard InChI is InChI=1S/C19H17N3O4/c1-12-16(20-14-10-6-7-11-15(14)22(12)25)18(23)21-17(19(24)26-2)13-8-4-3-5-9-13/h3-11,17H,1-2H3,(H,21,23). The van der Waals surface area contributed by atoms with Crippen LogP contribution in [0.4, 0.5) is 0 Å². The van der Waals surface area contributed by atoms with Gasteiger partial charge in [0.05, 0.1) is 7.11 Å². The van der Waals surface area contributed by atoms with Gasteiger partial charge in [0.15, 0.2) is 11.7 Å². The van der Waals surface area contributed by atoms with Gasteiger partial charge < -0.3 is 15.3 Å². The molecule has 1 atom stereocenters. The number of fused-ring (bicyclic) bond motifs is 1. The minimum atomic E-state index is -0.999. The molecule has 7 heteroatoms. The van der Waals surface area contributed by atoms with Crippen LogP contribution < -0.4 is 10.0 Å². The molecule has 0 aliphatic heterocycles. The molecule has 2 aromatic carbocycles. The molecule has 1 N–H and O–H groups in total. The molecule has 7 nitrogen and oxygen atoms in total. The zero-order valence-electron chi connectivity index (χ0n) is 14.3. The Labute approximate surface area is 149 Å². The number of hydrogen-bond acceptors (Lipinski definition) is 5. The Balaban J connectivity index is 1.99. The maximum absolute atomic E-state index is 12.7. The van der Waals surface area contributed by atoms with Gasteiger partial charge in [-0.05, 0) is 11.6 Å². The molecular formula is C19H17N3O4. The van der Waals surface area contributed by atoms with Crippen molar-refractivity contribution in [3.8, 4) is 0 Å². The van der Waals surface area contributed by atoms with Gasteiger partial charge in [0, 0.05) is 13.0 Å². The first-order chi connectivity index (χ1) is 12.5. The van der Waals surface area contributed by atoms with Gasteiger partial charge in [0.1, 0.15) is 5.52 Å². The third-order valence-corrected chi connectivity index (χ3v) is 4.04. The monoisotopic (exact) mass is 351 g/mol. The van der Waals surface area contributed by atoms with Gasteiger partial charge in [-0.25, -0.2) is 9.78 Å². The molecule has 0 fully saturated rings. The van der Waals surface area contributed by atoms with Crippen LogP contribution in [-0.2, 0) is 9.53 Å². The van der Waals surface area contributed by atoms with E-state index in [1.807, 2.05) is 0 Å². The number of ether oxygens (including phenoxy) is 1. The van der Waals surface area contributed by atoms with Crippen LogP contribution in [0, 0.1) is 12.1 Å². The summed E-state index contributed by atoms with van der Waals surface area (Å²) in [4.78, 5) is 29.1. The maximum Gasteiger partial charge on any atom is 0.333 e. The number of esters is 1. The van der Waals surface area contributed by atoms with Crippen molar-refractivity contribution in [1.29, 1.82) is 0 Å². The summed E-state index contributed by atoms with van der Waals surface area (Å²) in [5, 5.41) is 15.0. The summed E-state index contributed by atoms with van der Waals surface area (Å²) >= 11 is 0. The number of rotatable bonds is 4. The van der Waals surface area contributed by atoms with Crippen molar-refractivity contribution < 1.29 is 19.1 Å². The first-order valence-corrected chi connectivity index (χ1v) is 7.95. The predicted octanol–water partition coefficient (Wildman–Crippen LogP) is 1.82. The molecule has 0 saturated heterocycles. The van der Waals surface area contributed by atoms with Gasteiger partial charge in [-0.2, -0.15) is 4.73 Å². The zero-order chi connectivity index (χ0) is 18.7. The van der Waals surface area contributed by atoms with Crippen LogP contribution in [-0.4, -0.2) is 24.0 Å². The molecular weight excluding hydrogens is 334 g/mol. The van der Waals surface area contributed by atoms with Gasteiger partial charge in [-0.1, -0.05) is 42.5 Å². The number of benzene rings is 2. The van der Waals surface area contributed by atoms with E-state index >= 15 is 0 Å². The third-order valence-electron chi connectivity index (χ3n) is 4.04. The van der Waals surface area contributed by atoms with Crippen LogP contribution in [0.1, 0.15) is 27.8 Å². The molecule has 3 aromatic rings. The molecule has 0 bridgehead atoms. The van der Waals surface area contributed by atoms with E-state index in [4.69, 9.17) is 4.74 Å². The van der Waals surface area contributed by atoms with Crippen molar-refractivity contribution in [3.05, 3.63) is 76.8 Å². The summed E-state index contributed by atoms with van der Waals surface area (Å²) in [5.41, 5.74) is 1.45. The highest BCUT2D eigenvalue weighted by molar-refractivity contribution is 5.97. The fourth-order valence-corrected chi connectivity index (χ4v) is 2.66. The lowest BCUT2D eigenvalue weighted by molar-refractivity contribution is -0.584. The third kappa shape index (κ3) is 3.19. The van der Waals surface area contributed by atoms with Crippen molar-refractivity contribution in [2.45, 2.75) is 13.0 Å². The van der Waals surface area contributed by atoms with Crippen LogP contribution in [0.5, 0.6) is 0 Å². The van der Waals surface area contributed by atoms with E-state index in [9.17, 15) is 14.8 Å². The second kappa shape index (κ2) is 7.18. The first-order valence-electron chi connectivity index (χ1n) is 7.95. The van der Waals surface area contributed by atoms with Gasteiger partial charge >= 0.3 is 5.97 Å². The number of carbonyl (C=O) groups is 2. The lowest BCUT2D eigenvalue weighted by Crippen LogP contribution is -2.39. The second-order valence-electron chi connectivity index (χ2n) is 5.67.